The summed E-state index contributed by atoms with van der Waals surface area (Å²) >= 11 is 0. The van der Waals surface area contributed by atoms with Gasteiger partial charge < -0.3 is 0 Å². The predicted octanol–water partition coefficient (Wildman–Crippen LogP) is 2.37. The number of hydrogen-bond donors (Lipinski definition) is 0. The molecular formula is C10H21N. The number of hydrogen-bond acceptors (Lipinski definition) is 1. The van der Waals surface area contributed by atoms with E-state index in [-0.39, 0.29) is 0 Å². The van der Waals surface area contributed by atoms with E-state index < -0.39 is 0 Å². The fourth-order valence-corrected chi connectivity index (χ4v) is 1.40. The second-order valence-electron chi connectivity index (χ2n) is 4.69. The van der Waals surface area contributed by atoms with E-state index in [9.17, 15) is 0 Å². The molecule has 0 saturated carbocycles. The van der Waals surface area contributed by atoms with Crippen LogP contribution in [0.5, 0.6) is 0 Å². The molecule has 0 aromatic heterocycles. The molecule has 1 fully saturated rings. The highest BCUT2D eigenvalue weighted by molar-refractivity contribution is 4.90. The van der Waals surface area contributed by atoms with Crippen molar-refractivity contribution in [3.63, 3.8) is 0 Å². The number of rotatable bonds is 3. The first-order valence-electron chi connectivity index (χ1n) is 4.70. The SMILES string of the molecule is CC(C)C(C)(C)C(C)N1CC1. The van der Waals surface area contributed by atoms with Gasteiger partial charge in [-0.15, -0.1) is 0 Å². The Hall–Kier alpha value is -0.0400. The van der Waals surface area contributed by atoms with E-state index in [2.05, 4.69) is 39.5 Å². The van der Waals surface area contributed by atoms with Gasteiger partial charge in [-0.1, -0.05) is 27.7 Å². The zero-order chi connectivity index (χ0) is 8.65. The third-order valence-electron chi connectivity index (χ3n) is 3.59. The van der Waals surface area contributed by atoms with Crippen molar-refractivity contribution in [2.75, 3.05) is 13.1 Å². The van der Waals surface area contributed by atoms with Crippen LogP contribution in [0.25, 0.3) is 0 Å². The summed E-state index contributed by atoms with van der Waals surface area (Å²) in [6, 6.07) is 0.752. The molecule has 0 amide bonds. The summed E-state index contributed by atoms with van der Waals surface area (Å²) in [6.07, 6.45) is 0. The smallest absolute Gasteiger partial charge is 0.0122 e. The molecule has 1 nitrogen and oxygen atoms in total. The quantitative estimate of drug-likeness (QED) is 0.565. The monoisotopic (exact) mass is 155 g/mol. The van der Waals surface area contributed by atoms with Gasteiger partial charge in [-0.3, -0.25) is 4.90 Å². The van der Waals surface area contributed by atoms with E-state index in [0.29, 0.717) is 5.41 Å². The second kappa shape index (κ2) is 2.78. The molecular weight excluding hydrogens is 134 g/mol. The molecule has 0 N–H and O–H groups in total. The molecule has 1 unspecified atom stereocenters. The molecule has 0 radical (unpaired) electrons. The van der Waals surface area contributed by atoms with Crippen molar-refractivity contribution in [1.29, 1.82) is 0 Å². The van der Waals surface area contributed by atoms with Crippen LogP contribution in [0.2, 0.25) is 0 Å². The van der Waals surface area contributed by atoms with Crippen molar-refractivity contribution >= 4 is 0 Å². The minimum Gasteiger partial charge on any atom is -0.298 e. The minimum absolute atomic E-state index is 0.469. The molecule has 1 heteroatoms. The van der Waals surface area contributed by atoms with E-state index in [1.807, 2.05) is 0 Å². The van der Waals surface area contributed by atoms with Gasteiger partial charge in [0.05, 0.1) is 0 Å². The zero-order valence-electron chi connectivity index (χ0n) is 8.52. The van der Waals surface area contributed by atoms with Gasteiger partial charge in [0.25, 0.3) is 0 Å². The molecule has 0 aromatic carbocycles. The Labute approximate surface area is 70.8 Å². The van der Waals surface area contributed by atoms with E-state index in [1.54, 1.807) is 0 Å². The lowest BCUT2D eigenvalue weighted by Crippen LogP contribution is -2.37. The first kappa shape index (κ1) is 9.05. The maximum atomic E-state index is 2.54. The first-order valence-corrected chi connectivity index (χ1v) is 4.70. The van der Waals surface area contributed by atoms with Crippen LogP contribution in [0.4, 0.5) is 0 Å². The van der Waals surface area contributed by atoms with Crippen LogP contribution in [-0.2, 0) is 0 Å². The Bertz CT molecular complexity index is 134. The van der Waals surface area contributed by atoms with E-state index in [1.165, 1.54) is 13.1 Å². The minimum atomic E-state index is 0.469. The summed E-state index contributed by atoms with van der Waals surface area (Å²) in [4.78, 5) is 2.54. The Morgan fingerprint density at radius 2 is 1.55 bits per heavy atom. The third kappa shape index (κ3) is 1.76. The van der Waals surface area contributed by atoms with E-state index in [0.717, 1.165) is 12.0 Å². The van der Waals surface area contributed by atoms with Gasteiger partial charge in [0.15, 0.2) is 0 Å². The first-order chi connectivity index (χ1) is 4.96. The van der Waals surface area contributed by atoms with Crippen molar-refractivity contribution in [3.05, 3.63) is 0 Å². The highest BCUT2D eigenvalue weighted by atomic mass is 15.3. The lowest BCUT2D eigenvalue weighted by atomic mass is 9.75. The van der Waals surface area contributed by atoms with E-state index >= 15 is 0 Å². The van der Waals surface area contributed by atoms with Crippen LogP contribution in [0.3, 0.4) is 0 Å². The summed E-state index contributed by atoms with van der Waals surface area (Å²) in [5.41, 5.74) is 0.469. The maximum absolute atomic E-state index is 2.54. The highest BCUT2D eigenvalue weighted by Crippen LogP contribution is 2.35. The largest absolute Gasteiger partial charge is 0.298 e. The van der Waals surface area contributed by atoms with Crippen molar-refractivity contribution < 1.29 is 0 Å². The molecule has 1 aliphatic heterocycles. The topological polar surface area (TPSA) is 3.01 Å². The van der Waals surface area contributed by atoms with Gasteiger partial charge >= 0.3 is 0 Å². The molecule has 11 heavy (non-hydrogen) atoms. The summed E-state index contributed by atoms with van der Waals surface area (Å²) < 4.78 is 0. The van der Waals surface area contributed by atoms with Crippen LogP contribution >= 0.6 is 0 Å². The second-order valence-corrected chi connectivity index (χ2v) is 4.69. The van der Waals surface area contributed by atoms with Crippen LogP contribution in [0.1, 0.15) is 34.6 Å². The Kier molecular flexibility index (Phi) is 2.29. The van der Waals surface area contributed by atoms with Crippen LogP contribution in [-0.4, -0.2) is 24.0 Å². The summed E-state index contributed by atoms with van der Waals surface area (Å²) in [5.74, 6) is 0.776. The van der Waals surface area contributed by atoms with Gasteiger partial charge in [-0.05, 0) is 18.3 Å². The summed E-state index contributed by atoms with van der Waals surface area (Å²) in [5, 5.41) is 0. The summed E-state index contributed by atoms with van der Waals surface area (Å²) in [6.45, 7) is 14.4. The molecule has 1 saturated heterocycles. The molecule has 0 aliphatic carbocycles. The third-order valence-corrected chi connectivity index (χ3v) is 3.59. The molecule has 66 valence electrons. The molecule has 1 aliphatic rings. The summed E-state index contributed by atoms with van der Waals surface area (Å²) in [7, 11) is 0. The average molecular weight is 155 g/mol. The maximum Gasteiger partial charge on any atom is 0.0122 e. The van der Waals surface area contributed by atoms with Crippen LogP contribution in [0.15, 0.2) is 0 Å². The molecule has 1 rings (SSSR count). The Balaban J connectivity index is 2.54. The molecule has 0 spiro atoms. The Morgan fingerprint density at radius 1 is 1.09 bits per heavy atom. The molecule has 1 atom stereocenters. The average Bonchev–Trinajstić information content (AvgIpc) is 2.66. The van der Waals surface area contributed by atoms with Crippen molar-refractivity contribution in [1.82, 2.24) is 4.90 Å². The van der Waals surface area contributed by atoms with Crippen LogP contribution < -0.4 is 0 Å². The standard InChI is InChI=1S/C10H21N/c1-8(2)10(4,5)9(3)11-6-7-11/h8-9H,6-7H2,1-5H3. The molecule has 0 bridgehead atoms. The molecule has 1 heterocycles. The highest BCUT2D eigenvalue weighted by Gasteiger charge is 2.37. The number of nitrogens with zero attached hydrogens (tertiary/aromatic N) is 1. The van der Waals surface area contributed by atoms with Gasteiger partial charge in [-0.25, -0.2) is 0 Å². The van der Waals surface area contributed by atoms with Crippen molar-refractivity contribution in [2.45, 2.75) is 40.7 Å². The van der Waals surface area contributed by atoms with E-state index in [4.69, 9.17) is 0 Å². The lowest BCUT2D eigenvalue weighted by molar-refractivity contribution is 0.136. The fourth-order valence-electron chi connectivity index (χ4n) is 1.40. The van der Waals surface area contributed by atoms with Crippen LogP contribution in [0, 0.1) is 11.3 Å². The Morgan fingerprint density at radius 3 is 1.82 bits per heavy atom. The predicted molar refractivity (Wildman–Crippen MR) is 49.7 cm³/mol. The fraction of sp³-hybridized carbons (Fsp3) is 1.00. The van der Waals surface area contributed by atoms with Gasteiger partial charge in [0.1, 0.15) is 0 Å². The van der Waals surface area contributed by atoms with Crippen molar-refractivity contribution in [2.24, 2.45) is 11.3 Å². The normalized spacial score (nSPS) is 22.4. The zero-order valence-corrected chi connectivity index (χ0v) is 8.52. The van der Waals surface area contributed by atoms with Gasteiger partial charge in [-0.2, -0.15) is 0 Å². The van der Waals surface area contributed by atoms with Gasteiger partial charge in [0, 0.05) is 19.1 Å². The van der Waals surface area contributed by atoms with Gasteiger partial charge in [0.2, 0.25) is 0 Å². The lowest BCUT2D eigenvalue weighted by Gasteiger charge is -2.36. The molecule has 0 aromatic rings. The van der Waals surface area contributed by atoms with Crippen molar-refractivity contribution in [3.8, 4) is 0 Å².